The summed E-state index contributed by atoms with van der Waals surface area (Å²) in [6, 6.07) is 8.29. The number of nitrogens with one attached hydrogen (secondary N) is 1. The Morgan fingerprint density at radius 3 is 2.33 bits per heavy atom. The molecule has 0 atom stereocenters. The molecule has 1 aromatic carbocycles. The molecule has 0 aromatic heterocycles. The Balaban J connectivity index is 0.00000121. The maximum absolute atomic E-state index is 5.34. The molecule has 0 spiro atoms. The maximum Gasteiger partial charge on any atom is 0.0340 e. The normalized spacial score (nSPS) is 8.83. The van der Waals surface area contributed by atoms with E-state index in [0.717, 1.165) is 12.2 Å². The lowest BCUT2D eigenvalue weighted by molar-refractivity contribution is 1.02. The summed E-state index contributed by atoms with van der Waals surface area (Å²) in [5.41, 5.74) is 7.76. The minimum atomic E-state index is 0. The van der Waals surface area contributed by atoms with Gasteiger partial charge in [0.1, 0.15) is 0 Å². The minimum absolute atomic E-state index is 0. The second-order valence-electron chi connectivity index (χ2n) is 2.58. The molecule has 12 heavy (non-hydrogen) atoms. The molecule has 2 nitrogen and oxygen atoms in total. The van der Waals surface area contributed by atoms with Gasteiger partial charge in [0.05, 0.1) is 0 Å². The van der Waals surface area contributed by atoms with E-state index in [9.17, 15) is 0 Å². The van der Waals surface area contributed by atoms with Crippen molar-refractivity contribution in [2.45, 2.75) is 6.92 Å². The first-order chi connectivity index (χ1) is 5.33. The van der Waals surface area contributed by atoms with E-state index in [4.69, 9.17) is 5.73 Å². The Labute approximate surface area is 79.6 Å². The Morgan fingerprint density at radius 1 is 1.25 bits per heavy atom. The summed E-state index contributed by atoms with van der Waals surface area (Å²) in [5, 5.41) is 3.20. The highest BCUT2D eigenvalue weighted by Crippen LogP contribution is 2.07. The van der Waals surface area contributed by atoms with Crippen molar-refractivity contribution in [3.05, 3.63) is 29.8 Å². The molecular formula is C9H15ClN2. The van der Waals surface area contributed by atoms with Crippen LogP contribution in [-0.2, 0) is 0 Å². The summed E-state index contributed by atoms with van der Waals surface area (Å²) in [6.45, 7) is 3.59. The molecule has 0 fully saturated rings. The van der Waals surface area contributed by atoms with E-state index in [1.165, 1.54) is 5.56 Å². The number of rotatable bonds is 3. The standard InChI is InChI=1S/C9H14N2.ClH/c1-8-2-4-9(5-3-8)11-7-6-10;/h2-5,11H,6-7,10H2,1H3;1H. The Kier molecular flexibility index (Phi) is 5.51. The molecule has 0 aliphatic rings. The highest BCUT2D eigenvalue weighted by molar-refractivity contribution is 5.85. The van der Waals surface area contributed by atoms with Crippen LogP contribution in [0.3, 0.4) is 0 Å². The quantitative estimate of drug-likeness (QED) is 0.756. The average molecular weight is 187 g/mol. The fourth-order valence-corrected chi connectivity index (χ4v) is 0.888. The summed E-state index contributed by atoms with van der Waals surface area (Å²) < 4.78 is 0. The average Bonchev–Trinajstić information content (AvgIpc) is 2.04. The third-order valence-corrected chi connectivity index (χ3v) is 1.53. The zero-order valence-electron chi connectivity index (χ0n) is 7.21. The topological polar surface area (TPSA) is 38.0 Å². The van der Waals surface area contributed by atoms with Crippen LogP contribution in [-0.4, -0.2) is 13.1 Å². The first-order valence-corrected chi connectivity index (χ1v) is 3.83. The Morgan fingerprint density at radius 2 is 1.83 bits per heavy atom. The molecule has 0 radical (unpaired) electrons. The van der Waals surface area contributed by atoms with Gasteiger partial charge in [-0.05, 0) is 19.1 Å². The third kappa shape index (κ3) is 3.60. The van der Waals surface area contributed by atoms with Gasteiger partial charge in [0.2, 0.25) is 0 Å². The first kappa shape index (κ1) is 11.3. The van der Waals surface area contributed by atoms with Crippen LogP contribution in [0.5, 0.6) is 0 Å². The molecule has 1 rings (SSSR count). The van der Waals surface area contributed by atoms with Crippen LogP contribution < -0.4 is 11.1 Å². The molecular weight excluding hydrogens is 172 g/mol. The largest absolute Gasteiger partial charge is 0.384 e. The molecule has 0 saturated carbocycles. The van der Waals surface area contributed by atoms with Crippen LogP contribution in [0.1, 0.15) is 5.56 Å². The van der Waals surface area contributed by atoms with E-state index < -0.39 is 0 Å². The van der Waals surface area contributed by atoms with Crippen LogP contribution in [0.15, 0.2) is 24.3 Å². The number of benzene rings is 1. The molecule has 0 bridgehead atoms. The van der Waals surface area contributed by atoms with Gasteiger partial charge >= 0.3 is 0 Å². The lowest BCUT2D eigenvalue weighted by Crippen LogP contribution is -2.12. The lowest BCUT2D eigenvalue weighted by Gasteiger charge is -2.03. The molecule has 1 aromatic rings. The van der Waals surface area contributed by atoms with Crippen molar-refractivity contribution < 1.29 is 0 Å². The van der Waals surface area contributed by atoms with E-state index in [1.807, 2.05) is 0 Å². The number of hydrogen-bond acceptors (Lipinski definition) is 2. The lowest BCUT2D eigenvalue weighted by atomic mass is 10.2. The predicted octanol–water partition coefficient (Wildman–Crippen LogP) is 1.79. The summed E-state index contributed by atoms with van der Waals surface area (Å²) in [7, 11) is 0. The molecule has 0 aliphatic heterocycles. The molecule has 3 N–H and O–H groups in total. The summed E-state index contributed by atoms with van der Waals surface area (Å²) in [4.78, 5) is 0. The summed E-state index contributed by atoms with van der Waals surface area (Å²) in [5.74, 6) is 0. The van der Waals surface area contributed by atoms with Crippen molar-refractivity contribution in [1.82, 2.24) is 0 Å². The van der Waals surface area contributed by atoms with E-state index >= 15 is 0 Å². The van der Waals surface area contributed by atoms with Crippen LogP contribution >= 0.6 is 12.4 Å². The summed E-state index contributed by atoms with van der Waals surface area (Å²) in [6.07, 6.45) is 0. The van der Waals surface area contributed by atoms with Crippen molar-refractivity contribution >= 4 is 18.1 Å². The van der Waals surface area contributed by atoms with Crippen LogP contribution in [0, 0.1) is 6.92 Å². The Bertz CT molecular complexity index is 208. The third-order valence-electron chi connectivity index (χ3n) is 1.53. The van der Waals surface area contributed by atoms with Gasteiger partial charge in [-0.15, -0.1) is 12.4 Å². The number of hydrogen-bond donors (Lipinski definition) is 2. The molecule has 0 saturated heterocycles. The second kappa shape index (κ2) is 5.86. The number of halogens is 1. The van der Waals surface area contributed by atoms with Gasteiger partial charge in [-0.25, -0.2) is 0 Å². The maximum atomic E-state index is 5.34. The molecule has 3 heteroatoms. The van der Waals surface area contributed by atoms with Gasteiger partial charge < -0.3 is 11.1 Å². The van der Waals surface area contributed by atoms with E-state index in [1.54, 1.807) is 0 Å². The number of aryl methyl sites for hydroxylation is 1. The fraction of sp³-hybridized carbons (Fsp3) is 0.333. The van der Waals surface area contributed by atoms with E-state index in [-0.39, 0.29) is 12.4 Å². The fourth-order valence-electron chi connectivity index (χ4n) is 0.888. The zero-order valence-corrected chi connectivity index (χ0v) is 8.03. The second-order valence-corrected chi connectivity index (χ2v) is 2.58. The van der Waals surface area contributed by atoms with Crippen molar-refractivity contribution in [1.29, 1.82) is 0 Å². The SMILES string of the molecule is Cc1ccc(NCCN)cc1.Cl. The Hall–Kier alpha value is -0.730. The minimum Gasteiger partial charge on any atom is -0.384 e. The smallest absolute Gasteiger partial charge is 0.0340 e. The highest BCUT2D eigenvalue weighted by atomic mass is 35.5. The zero-order chi connectivity index (χ0) is 8.10. The highest BCUT2D eigenvalue weighted by Gasteiger charge is 1.87. The molecule has 68 valence electrons. The van der Waals surface area contributed by atoms with Crippen molar-refractivity contribution in [3.8, 4) is 0 Å². The van der Waals surface area contributed by atoms with Crippen LogP contribution in [0.2, 0.25) is 0 Å². The first-order valence-electron chi connectivity index (χ1n) is 3.83. The van der Waals surface area contributed by atoms with Gasteiger partial charge in [-0.2, -0.15) is 0 Å². The van der Waals surface area contributed by atoms with Crippen LogP contribution in [0.25, 0.3) is 0 Å². The van der Waals surface area contributed by atoms with Crippen molar-refractivity contribution in [3.63, 3.8) is 0 Å². The van der Waals surface area contributed by atoms with E-state index in [2.05, 4.69) is 36.5 Å². The van der Waals surface area contributed by atoms with E-state index in [0.29, 0.717) is 6.54 Å². The number of nitrogens with two attached hydrogens (primary N) is 1. The molecule has 0 heterocycles. The molecule has 0 amide bonds. The van der Waals surface area contributed by atoms with Gasteiger partial charge in [0.15, 0.2) is 0 Å². The van der Waals surface area contributed by atoms with Crippen LogP contribution in [0.4, 0.5) is 5.69 Å². The van der Waals surface area contributed by atoms with Gasteiger partial charge in [-0.1, -0.05) is 17.7 Å². The van der Waals surface area contributed by atoms with Gasteiger partial charge in [0, 0.05) is 18.8 Å². The van der Waals surface area contributed by atoms with Gasteiger partial charge in [-0.3, -0.25) is 0 Å². The van der Waals surface area contributed by atoms with Gasteiger partial charge in [0.25, 0.3) is 0 Å². The molecule has 0 aliphatic carbocycles. The van der Waals surface area contributed by atoms with Crippen molar-refractivity contribution in [2.75, 3.05) is 18.4 Å². The van der Waals surface area contributed by atoms with Crippen molar-refractivity contribution in [2.24, 2.45) is 5.73 Å². The summed E-state index contributed by atoms with van der Waals surface area (Å²) >= 11 is 0. The number of anilines is 1. The predicted molar refractivity (Wildman–Crippen MR) is 56.0 cm³/mol. The molecule has 0 unspecified atom stereocenters. The monoisotopic (exact) mass is 186 g/mol.